The Balaban J connectivity index is 2.35. The number of carbonyl (C=O) groups is 1. The Morgan fingerprint density at radius 3 is 2.05 bits per heavy atom. The van der Waals surface area contributed by atoms with E-state index in [1.54, 1.807) is 0 Å². The minimum absolute atomic E-state index is 0.447. The van der Waals surface area contributed by atoms with Gasteiger partial charge >= 0.3 is 117 Å². The summed E-state index contributed by atoms with van der Waals surface area (Å²) in [5, 5.41) is 3.73. The van der Waals surface area contributed by atoms with Gasteiger partial charge in [0.05, 0.1) is 0 Å². The fraction of sp³-hybridized carbons (Fsp3) is 0. The van der Waals surface area contributed by atoms with Crippen molar-refractivity contribution in [3.63, 3.8) is 0 Å². The SMILES string of the molecule is O=C1OI([O-])c2c1c1ccccc1c1ccccc21. The molecule has 1 heterocycles. The Labute approximate surface area is 117 Å². The number of hydrogen-bond donors (Lipinski definition) is 0. The van der Waals surface area contributed by atoms with E-state index in [-0.39, 0.29) is 0 Å². The van der Waals surface area contributed by atoms with Crippen molar-refractivity contribution in [3.8, 4) is 0 Å². The van der Waals surface area contributed by atoms with Crippen molar-refractivity contribution in [1.29, 1.82) is 0 Å². The van der Waals surface area contributed by atoms with Gasteiger partial charge < -0.3 is 0 Å². The second kappa shape index (κ2) is 3.91. The van der Waals surface area contributed by atoms with E-state index in [4.69, 9.17) is 3.07 Å². The molecule has 19 heavy (non-hydrogen) atoms. The van der Waals surface area contributed by atoms with Crippen LogP contribution in [-0.4, -0.2) is 5.97 Å². The average Bonchev–Trinajstić information content (AvgIpc) is 2.75. The van der Waals surface area contributed by atoms with Crippen LogP contribution in [0.15, 0.2) is 48.5 Å². The first-order chi connectivity index (χ1) is 9.27. The first-order valence-electron chi connectivity index (χ1n) is 5.81. The molecule has 0 saturated heterocycles. The quantitative estimate of drug-likeness (QED) is 0.456. The van der Waals surface area contributed by atoms with Crippen molar-refractivity contribution >= 4 is 48.2 Å². The molecule has 0 saturated carbocycles. The van der Waals surface area contributed by atoms with Gasteiger partial charge in [0.1, 0.15) is 0 Å². The van der Waals surface area contributed by atoms with Gasteiger partial charge in [-0.15, -0.1) is 0 Å². The normalized spacial score (nSPS) is 15.8. The maximum atomic E-state index is 12.1. The van der Waals surface area contributed by atoms with Crippen LogP contribution in [0.2, 0.25) is 0 Å². The molecule has 4 rings (SSSR count). The van der Waals surface area contributed by atoms with Crippen molar-refractivity contribution in [2.24, 2.45) is 0 Å². The zero-order chi connectivity index (χ0) is 13.0. The molecule has 4 heteroatoms. The molecular formula is C15H8IO3-. The van der Waals surface area contributed by atoms with Crippen molar-refractivity contribution in [3.05, 3.63) is 57.7 Å². The fourth-order valence-corrected chi connectivity index (χ4v) is 5.30. The van der Waals surface area contributed by atoms with Gasteiger partial charge in [0, 0.05) is 0 Å². The van der Waals surface area contributed by atoms with Gasteiger partial charge in [-0.05, 0) is 0 Å². The van der Waals surface area contributed by atoms with Crippen LogP contribution in [0.1, 0.15) is 10.4 Å². The summed E-state index contributed by atoms with van der Waals surface area (Å²) in [5.74, 6) is -0.447. The zero-order valence-electron chi connectivity index (χ0n) is 9.72. The van der Waals surface area contributed by atoms with E-state index in [0.29, 0.717) is 9.13 Å². The topological polar surface area (TPSA) is 49.4 Å². The Bertz CT molecular complexity index is 841. The standard InChI is InChI=1S/C15H8IO3/c17-15-13-11-7-3-1-5-9(11)10-6-2-4-8-12(10)14(13)16(18)19-15/h1-8H/q-1. The third-order valence-corrected chi connectivity index (χ3v) is 6.17. The second-order valence-corrected chi connectivity index (χ2v) is 7.12. The summed E-state index contributed by atoms with van der Waals surface area (Å²) in [4.78, 5) is 12.0. The van der Waals surface area contributed by atoms with Crippen LogP contribution in [0, 0.1) is 3.57 Å². The summed E-state index contributed by atoms with van der Waals surface area (Å²) in [6, 6.07) is 15.4. The van der Waals surface area contributed by atoms with E-state index >= 15 is 0 Å². The molecule has 0 aliphatic carbocycles. The van der Waals surface area contributed by atoms with Crippen LogP contribution < -0.4 is 3.44 Å². The van der Waals surface area contributed by atoms with Crippen LogP contribution in [-0.2, 0) is 3.07 Å². The number of fused-ring (bicyclic) bond motifs is 6. The third kappa shape index (κ3) is 1.44. The Morgan fingerprint density at radius 2 is 1.37 bits per heavy atom. The average molecular weight is 363 g/mol. The predicted molar refractivity (Wildman–Crippen MR) is 79.6 cm³/mol. The van der Waals surface area contributed by atoms with E-state index < -0.39 is 26.6 Å². The fourth-order valence-electron chi connectivity index (χ4n) is 2.60. The second-order valence-electron chi connectivity index (χ2n) is 4.36. The van der Waals surface area contributed by atoms with E-state index in [9.17, 15) is 8.23 Å². The van der Waals surface area contributed by atoms with Gasteiger partial charge in [0.25, 0.3) is 0 Å². The van der Waals surface area contributed by atoms with Crippen molar-refractivity contribution in [1.82, 2.24) is 0 Å². The van der Waals surface area contributed by atoms with Gasteiger partial charge in [0.15, 0.2) is 0 Å². The minimum atomic E-state index is -3.05. The molecule has 0 aromatic heterocycles. The summed E-state index contributed by atoms with van der Waals surface area (Å²) >= 11 is -3.05. The van der Waals surface area contributed by atoms with E-state index in [0.717, 1.165) is 21.5 Å². The van der Waals surface area contributed by atoms with E-state index in [2.05, 4.69) is 0 Å². The molecule has 0 fully saturated rings. The molecule has 0 atom stereocenters. The molecule has 0 spiro atoms. The molecule has 3 aromatic carbocycles. The monoisotopic (exact) mass is 363 g/mol. The summed E-state index contributed by atoms with van der Waals surface area (Å²) < 4.78 is 17.8. The predicted octanol–water partition coefficient (Wildman–Crippen LogP) is 3.03. The van der Waals surface area contributed by atoms with Gasteiger partial charge in [-0.3, -0.25) is 0 Å². The van der Waals surface area contributed by atoms with Crippen molar-refractivity contribution in [2.45, 2.75) is 0 Å². The molecule has 0 bridgehead atoms. The molecular weight excluding hydrogens is 355 g/mol. The first kappa shape index (κ1) is 11.2. The van der Waals surface area contributed by atoms with Gasteiger partial charge in [-0.25, -0.2) is 0 Å². The molecule has 0 N–H and O–H groups in total. The molecule has 3 nitrogen and oxygen atoms in total. The Morgan fingerprint density at radius 1 is 0.842 bits per heavy atom. The Hall–Kier alpha value is -1.66. The molecule has 0 radical (unpaired) electrons. The molecule has 1 aliphatic heterocycles. The van der Waals surface area contributed by atoms with Crippen LogP contribution >= 0.6 is 20.6 Å². The molecule has 0 unspecified atom stereocenters. The zero-order valence-corrected chi connectivity index (χ0v) is 11.9. The number of rotatable bonds is 0. The summed E-state index contributed by atoms with van der Waals surface area (Å²) in [7, 11) is 0. The summed E-state index contributed by atoms with van der Waals surface area (Å²) in [5.41, 5.74) is 0.495. The maximum absolute atomic E-state index is 12.1. The number of halogens is 1. The summed E-state index contributed by atoms with van der Waals surface area (Å²) in [6.45, 7) is 0. The van der Waals surface area contributed by atoms with Crippen LogP contribution in [0.4, 0.5) is 0 Å². The molecule has 1 aliphatic rings. The number of hydrogen-bond acceptors (Lipinski definition) is 3. The van der Waals surface area contributed by atoms with Crippen LogP contribution in [0.25, 0.3) is 21.5 Å². The first-order valence-corrected chi connectivity index (χ1v) is 8.65. The van der Waals surface area contributed by atoms with Gasteiger partial charge in [-0.2, -0.15) is 0 Å². The summed E-state index contributed by atoms with van der Waals surface area (Å²) in [6.07, 6.45) is 0. The molecule has 0 amide bonds. The van der Waals surface area contributed by atoms with Gasteiger partial charge in [0.2, 0.25) is 0 Å². The Kier molecular flexibility index (Phi) is 2.31. The van der Waals surface area contributed by atoms with E-state index in [1.165, 1.54) is 0 Å². The molecule has 94 valence electrons. The van der Waals surface area contributed by atoms with Gasteiger partial charge in [-0.1, -0.05) is 0 Å². The van der Waals surface area contributed by atoms with Crippen molar-refractivity contribution < 1.29 is 11.3 Å². The van der Waals surface area contributed by atoms with Crippen LogP contribution in [0.3, 0.4) is 0 Å². The van der Waals surface area contributed by atoms with E-state index in [1.807, 2.05) is 48.5 Å². The number of benzene rings is 3. The third-order valence-electron chi connectivity index (χ3n) is 3.37. The number of carbonyl (C=O) groups excluding carboxylic acids is 1. The van der Waals surface area contributed by atoms with Crippen LogP contribution in [0.5, 0.6) is 0 Å². The molecule has 3 aromatic rings. The van der Waals surface area contributed by atoms with Crippen molar-refractivity contribution in [2.75, 3.05) is 0 Å².